The number of alkyl halides is 3. The topological polar surface area (TPSA) is 97.4 Å². The molecule has 1 aromatic carbocycles. The van der Waals surface area contributed by atoms with Gasteiger partial charge in [-0.25, -0.2) is 0 Å². The normalized spacial score (nSPS) is 11.2. The van der Waals surface area contributed by atoms with Crippen molar-refractivity contribution in [2.45, 2.75) is 6.18 Å². The summed E-state index contributed by atoms with van der Waals surface area (Å²) in [7, 11) is 0. The van der Waals surface area contributed by atoms with Gasteiger partial charge in [-0.15, -0.1) is 0 Å². The maximum Gasteiger partial charge on any atom is 0.418 e. The van der Waals surface area contributed by atoms with Crippen LogP contribution in [0, 0.1) is 10.1 Å². The third-order valence-corrected chi connectivity index (χ3v) is 3.37. The van der Waals surface area contributed by atoms with Crippen LogP contribution in [0.4, 0.5) is 24.5 Å². The fourth-order valence-electron chi connectivity index (χ4n) is 1.94. The van der Waals surface area contributed by atoms with E-state index in [0.717, 1.165) is 6.07 Å². The van der Waals surface area contributed by atoms with Gasteiger partial charge in [0.05, 0.1) is 21.8 Å². The first-order chi connectivity index (χ1) is 11.7. The van der Waals surface area contributed by atoms with E-state index in [2.05, 4.69) is 10.6 Å². The van der Waals surface area contributed by atoms with E-state index >= 15 is 0 Å². The highest BCUT2D eigenvalue weighted by molar-refractivity contribution is 6.31. The third-order valence-electron chi connectivity index (χ3n) is 3.06. The van der Waals surface area contributed by atoms with Crippen molar-refractivity contribution >= 4 is 28.9 Å². The zero-order valence-corrected chi connectivity index (χ0v) is 13.1. The molecule has 2 N–H and O–H groups in total. The number of benzene rings is 1. The van der Waals surface area contributed by atoms with Crippen molar-refractivity contribution in [3.63, 3.8) is 0 Å². The van der Waals surface area contributed by atoms with E-state index in [-0.39, 0.29) is 24.5 Å². The number of rotatable bonds is 6. The number of nitrogens with one attached hydrogen (secondary N) is 2. The van der Waals surface area contributed by atoms with Gasteiger partial charge >= 0.3 is 6.18 Å². The summed E-state index contributed by atoms with van der Waals surface area (Å²) in [5.41, 5.74) is -2.25. The van der Waals surface area contributed by atoms with Crippen molar-refractivity contribution in [1.29, 1.82) is 0 Å². The Labute approximate surface area is 143 Å². The number of anilines is 1. The van der Waals surface area contributed by atoms with E-state index in [1.54, 1.807) is 0 Å². The van der Waals surface area contributed by atoms with E-state index in [0.29, 0.717) is 6.07 Å². The van der Waals surface area contributed by atoms with Crippen LogP contribution in [-0.4, -0.2) is 23.9 Å². The SMILES string of the molecule is O=C(NCCNc1cc(Cl)c(C(F)(F)F)cc1[N+](=O)[O-])c1ccco1. The van der Waals surface area contributed by atoms with Gasteiger partial charge < -0.3 is 15.1 Å². The monoisotopic (exact) mass is 377 g/mol. The summed E-state index contributed by atoms with van der Waals surface area (Å²) in [4.78, 5) is 21.6. The summed E-state index contributed by atoms with van der Waals surface area (Å²) < 4.78 is 43.2. The molecule has 11 heteroatoms. The lowest BCUT2D eigenvalue weighted by Gasteiger charge is -2.12. The van der Waals surface area contributed by atoms with Crippen molar-refractivity contribution in [3.8, 4) is 0 Å². The molecular weight excluding hydrogens is 367 g/mol. The zero-order valence-electron chi connectivity index (χ0n) is 12.4. The highest BCUT2D eigenvalue weighted by Gasteiger charge is 2.36. The fraction of sp³-hybridized carbons (Fsp3) is 0.214. The summed E-state index contributed by atoms with van der Waals surface area (Å²) >= 11 is 5.56. The van der Waals surface area contributed by atoms with Crippen LogP contribution in [-0.2, 0) is 6.18 Å². The highest BCUT2D eigenvalue weighted by Crippen LogP contribution is 2.40. The average Bonchev–Trinajstić information content (AvgIpc) is 3.04. The van der Waals surface area contributed by atoms with Gasteiger partial charge in [-0.1, -0.05) is 11.6 Å². The molecule has 1 aromatic heterocycles. The van der Waals surface area contributed by atoms with Gasteiger partial charge in [0.2, 0.25) is 0 Å². The van der Waals surface area contributed by atoms with Crippen LogP contribution in [0.1, 0.15) is 16.1 Å². The summed E-state index contributed by atoms with van der Waals surface area (Å²) in [6.07, 6.45) is -3.49. The van der Waals surface area contributed by atoms with Crippen molar-refractivity contribution in [3.05, 3.63) is 57.0 Å². The van der Waals surface area contributed by atoms with Crippen LogP contribution in [0.15, 0.2) is 34.9 Å². The molecule has 25 heavy (non-hydrogen) atoms. The molecule has 0 atom stereocenters. The van der Waals surface area contributed by atoms with Crippen LogP contribution in [0.2, 0.25) is 5.02 Å². The molecule has 0 aliphatic rings. The number of hydrogen-bond acceptors (Lipinski definition) is 5. The highest BCUT2D eigenvalue weighted by atomic mass is 35.5. The Hall–Kier alpha value is -2.75. The number of amides is 1. The van der Waals surface area contributed by atoms with Gasteiger partial charge in [-0.2, -0.15) is 13.2 Å². The molecule has 0 saturated carbocycles. The number of carbonyl (C=O) groups excluding carboxylic acids is 1. The van der Waals surface area contributed by atoms with Gasteiger partial charge in [0, 0.05) is 19.2 Å². The molecule has 0 unspecified atom stereocenters. The molecule has 0 spiro atoms. The van der Waals surface area contributed by atoms with Crippen molar-refractivity contribution < 1.29 is 27.3 Å². The molecule has 7 nitrogen and oxygen atoms in total. The fourth-order valence-corrected chi connectivity index (χ4v) is 2.21. The van der Waals surface area contributed by atoms with Gasteiger partial charge in [0.1, 0.15) is 5.69 Å². The van der Waals surface area contributed by atoms with E-state index in [4.69, 9.17) is 16.0 Å². The van der Waals surface area contributed by atoms with Crippen LogP contribution in [0.3, 0.4) is 0 Å². The minimum absolute atomic E-state index is 0.0228. The van der Waals surface area contributed by atoms with Crippen LogP contribution >= 0.6 is 11.6 Å². The summed E-state index contributed by atoms with van der Waals surface area (Å²) in [5.74, 6) is -0.407. The Balaban J connectivity index is 2.05. The largest absolute Gasteiger partial charge is 0.459 e. The molecule has 0 fully saturated rings. The Bertz CT molecular complexity index is 778. The van der Waals surface area contributed by atoms with Crippen LogP contribution < -0.4 is 10.6 Å². The lowest BCUT2D eigenvalue weighted by molar-refractivity contribution is -0.384. The molecule has 0 aliphatic carbocycles. The second-order valence-corrected chi connectivity index (χ2v) is 5.17. The second-order valence-electron chi connectivity index (χ2n) is 4.76. The molecule has 2 aromatic rings. The predicted molar refractivity (Wildman–Crippen MR) is 82.6 cm³/mol. The van der Waals surface area contributed by atoms with Gasteiger partial charge in [-0.05, 0) is 18.2 Å². The molecule has 134 valence electrons. The second kappa shape index (κ2) is 7.43. The first-order valence-electron chi connectivity index (χ1n) is 6.81. The van der Waals surface area contributed by atoms with Gasteiger partial charge in [-0.3, -0.25) is 14.9 Å². The molecule has 1 heterocycles. The first kappa shape index (κ1) is 18.6. The van der Waals surface area contributed by atoms with E-state index in [1.165, 1.54) is 18.4 Å². The Morgan fingerprint density at radius 2 is 2.04 bits per heavy atom. The first-order valence-corrected chi connectivity index (χ1v) is 7.18. The summed E-state index contributed by atoms with van der Waals surface area (Å²) in [5, 5.41) is 15.4. The number of carbonyl (C=O) groups is 1. The van der Waals surface area contributed by atoms with Crippen LogP contribution in [0.25, 0.3) is 0 Å². The molecule has 0 radical (unpaired) electrons. The van der Waals surface area contributed by atoms with Crippen LogP contribution in [0.5, 0.6) is 0 Å². The number of furan rings is 1. The Morgan fingerprint density at radius 3 is 2.60 bits per heavy atom. The maximum absolute atomic E-state index is 12.8. The Morgan fingerprint density at radius 1 is 1.32 bits per heavy atom. The van der Waals surface area contributed by atoms with Crippen molar-refractivity contribution in [2.75, 3.05) is 18.4 Å². The number of halogens is 4. The lowest BCUT2D eigenvalue weighted by atomic mass is 10.1. The van der Waals surface area contributed by atoms with E-state index < -0.39 is 33.3 Å². The molecule has 0 aliphatic heterocycles. The molecule has 2 rings (SSSR count). The van der Waals surface area contributed by atoms with Crippen molar-refractivity contribution in [1.82, 2.24) is 5.32 Å². The molecule has 0 saturated heterocycles. The lowest BCUT2D eigenvalue weighted by Crippen LogP contribution is -2.28. The standard InChI is InChI=1S/C14H11ClF3N3O4/c15-9-7-10(11(21(23)24)6-8(9)14(16,17)18)19-3-4-20-13(22)12-2-1-5-25-12/h1-2,5-7,19H,3-4H2,(H,20,22). The zero-order chi connectivity index (χ0) is 18.6. The summed E-state index contributed by atoms with van der Waals surface area (Å²) in [6.45, 7) is 0.0737. The van der Waals surface area contributed by atoms with E-state index in [1.807, 2.05) is 0 Å². The van der Waals surface area contributed by atoms with Gasteiger partial charge in [0.15, 0.2) is 5.76 Å². The Kier molecular flexibility index (Phi) is 5.52. The van der Waals surface area contributed by atoms with Gasteiger partial charge in [0.25, 0.3) is 11.6 Å². The molecule has 0 bridgehead atoms. The summed E-state index contributed by atoms with van der Waals surface area (Å²) in [6, 6.07) is 4.17. The number of nitrogens with zero attached hydrogens (tertiary/aromatic N) is 1. The van der Waals surface area contributed by atoms with E-state index in [9.17, 15) is 28.1 Å². The maximum atomic E-state index is 12.8. The molecular formula is C14H11ClF3N3O4. The smallest absolute Gasteiger partial charge is 0.418 e. The number of nitro groups is 1. The minimum atomic E-state index is -4.81. The number of nitro benzene ring substituents is 1. The number of hydrogen-bond donors (Lipinski definition) is 2. The third kappa shape index (κ3) is 4.63. The average molecular weight is 378 g/mol. The van der Waals surface area contributed by atoms with Crippen molar-refractivity contribution in [2.24, 2.45) is 0 Å². The predicted octanol–water partition coefficient (Wildman–Crippen LogP) is 3.70. The minimum Gasteiger partial charge on any atom is -0.459 e. The molecule has 1 amide bonds. The quantitative estimate of drug-likeness (QED) is 0.454.